The number of Topliss-reactive ketones (excluding diaryl/α,β-unsaturated/α-hetero) is 1. The molecule has 4 N–H and O–H groups in total. The van der Waals surface area contributed by atoms with Crippen LogP contribution in [0.5, 0.6) is 0 Å². The Balaban J connectivity index is 1.72. The van der Waals surface area contributed by atoms with E-state index in [1.165, 1.54) is 6.92 Å². The summed E-state index contributed by atoms with van der Waals surface area (Å²) >= 11 is 0. The molecule has 0 saturated carbocycles. The lowest BCUT2D eigenvalue weighted by Gasteiger charge is -2.49. The predicted molar refractivity (Wildman–Crippen MR) is 175 cm³/mol. The average molecular weight is 723 g/mol. The molecule has 2 bridgehead atoms. The highest BCUT2D eigenvalue weighted by Gasteiger charge is 2.58. The van der Waals surface area contributed by atoms with Gasteiger partial charge in [0.2, 0.25) is 0 Å². The maximum Gasteiger partial charge on any atom is 0.408 e. The highest BCUT2D eigenvalue weighted by atomic mass is 19.4. The number of hydrogen-bond donors (Lipinski definition) is 4. The number of halogens is 3. The Hall–Kier alpha value is -2.08. The van der Waals surface area contributed by atoms with Gasteiger partial charge in [-0.2, -0.15) is 13.2 Å². The molecule has 5 aliphatic rings. The molecule has 2 unspecified atom stereocenters. The summed E-state index contributed by atoms with van der Waals surface area (Å²) in [4.78, 5) is 43.0. The van der Waals surface area contributed by atoms with E-state index in [1.54, 1.807) is 32.8 Å². The van der Waals surface area contributed by atoms with Gasteiger partial charge in [0.25, 0.3) is 0 Å². The molecular weight excluding hydrogens is 665 g/mol. The van der Waals surface area contributed by atoms with Crippen molar-refractivity contribution in [2.75, 3.05) is 40.3 Å². The molecule has 288 valence electrons. The number of carbonyl (C=O) groups is 3. The number of ketones is 1. The first kappa shape index (κ1) is 40.7. The van der Waals surface area contributed by atoms with E-state index < -0.39 is 95.9 Å². The summed E-state index contributed by atoms with van der Waals surface area (Å²) in [6.45, 7) is 11.6. The van der Waals surface area contributed by atoms with Crippen LogP contribution in [0.4, 0.5) is 18.0 Å². The van der Waals surface area contributed by atoms with Crippen molar-refractivity contribution in [2.24, 2.45) is 17.3 Å². The molecule has 0 spiro atoms. The standard InChI is InChI=1S/C34H57F3N4O9/c1-10-23-33(7)25(40-30(45)50-33)20(4)39-15-18(2)14-32(6)27(19(3)26(43)31(5,11-12-46-32)29(44)48-23)49-28-24(42)22(41(8)9)13-21(47-28)16-38-17-34(35,36)37/h18-25,27-28,38-39,42H,10-17H2,1-9H3,(H,40,45)/t18-,19+,20-,21+,22+,23-,24-,25-,27-,28+,31?,32?,33-/m1/s1. The van der Waals surface area contributed by atoms with Crippen LogP contribution in [0.15, 0.2) is 0 Å². The van der Waals surface area contributed by atoms with Gasteiger partial charge in [0.05, 0.1) is 30.4 Å². The highest BCUT2D eigenvalue weighted by Crippen LogP contribution is 2.43. The molecule has 5 saturated heterocycles. The van der Waals surface area contributed by atoms with Crippen LogP contribution in [0.25, 0.3) is 0 Å². The predicted octanol–water partition coefficient (Wildman–Crippen LogP) is 2.53. The Bertz CT molecular complexity index is 1230. The van der Waals surface area contributed by atoms with Gasteiger partial charge in [-0.25, -0.2) is 4.79 Å². The molecule has 5 fully saturated rings. The molecular formula is C34H57F3N4O9. The first-order chi connectivity index (χ1) is 23.1. The van der Waals surface area contributed by atoms with Gasteiger partial charge in [-0.05, 0) is 79.9 Å². The third kappa shape index (κ3) is 8.58. The highest BCUT2D eigenvalue weighted by molar-refractivity contribution is 6.04. The van der Waals surface area contributed by atoms with Crippen molar-refractivity contribution in [3.05, 3.63) is 0 Å². The zero-order valence-corrected chi connectivity index (χ0v) is 30.7. The largest absolute Gasteiger partial charge is 0.457 e. The van der Waals surface area contributed by atoms with Crippen LogP contribution in [0.1, 0.15) is 74.1 Å². The van der Waals surface area contributed by atoms with E-state index in [0.717, 1.165) is 0 Å². The monoisotopic (exact) mass is 722 g/mol. The molecule has 0 aliphatic carbocycles. The molecule has 16 heteroatoms. The molecule has 13 atom stereocenters. The van der Waals surface area contributed by atoms with E-state index in [1.807, 2.05) is 27.7 Å². The Morgan fingerprint density at radius 2 is 1.80 bits per heavy atom. The van der Waals surface area contributed by atoms with Gasteiger partial charge >= 0.3 is 18.2 Å². The molecule has 5 aliphatic heterocycles. The summed E-state index contributed by atoms with van der Waals surface area (Å²) in [7, 11) is 3.50. The number of likely N-dealkylation sites (N-methyl/N-ethyl adjacent to an activating group) is 1. The fourth-order valence-corrected chi connectivity index (χ4v) is 8.28. The number of carbonyl (C=O) groups excluding carboxylic acids is 3. The molecule has 0 aromatic carbocycles. The minimum Gasteiger partial charge on any atom is -0.457 e. The number of aliphatic hydroxyl groups is 1. The number of ether oxygens (including phenoxy) is 5. The molecule has 0 aromatic rings. The van der Waals surface area contributed by atoms with Gasteiger partial charge in [0, 0.05) is 31.2 Å². The van der Waals surface area contributed by atoms with E-state index in [0.29, 0.717) is 19.4 Å². The van der Waals surface area contributed by atoms with Crippen molar-refractivity contribution in [1.82, 2.24) is 20.9 Å². The lowest BCUT2D eigenvalue weighted by Crippen LogP contribution is -2.62. The third-order valence-corrected chi connectivity index (χ3v) is 11.1. The van der Waals surface area contributed by atoms with Gasteiger partial charge in [-0.1, -0.05) is 20.8 Å². The van der Waals surface area contributed by atoms with Gasteiger partial charge < -0.3 is 49.6 Å². The number of hydrogen-bond acceptors (Lipinski definition) is 12. The molecule has 50 heavy (non-hydrogen) atoms. The second-order valence-electron chi connectivity index (χ2n) is 15.6. The number of alkyl carbamates (subject to hydrolysis) is 1. The number of amides is 1. The van der Waals surface area contributed by atoms with Crippen molar-refractivity contribution < 1.29 is 56.3 Å². The lowest BCUT2D eigenvalue weighted by atomic mass is 9.70. The minimum absolute atomic E-state index is 0.00256. The van der Waals surface area contributed by atoms with Gasteiger partial charge in [0.1, 0.15) is 17.6 Å². The normalized spacial score (nSPS) is 43.7. The number of nitrogens with zero attached hydrogens (tertiary/aromatic N) is 1. The van der Waals surface area contributed by atoms with Crippen molar-refractivity contribution in [3.8, 4) is 0 Å². The second-order valence-corrected chi connectivity index (χ2v) is 15.6. The molecule has 5 rings (SSSR count). The van der Waals surface area contributed by atoms with E-state index in [9.17, 15) is 32.7 Å². The minimum atomic E-state index is -4.41. The Labute approximate surface area is 293 Å². The Morgan fingerprint density at radius 1 is 1.12 bits per heavy atom. The summed E-state index contributed by atoms with van der Waals surface area (Å²) in [5.41, 5.74) is -4.03. The van der Waals surface area contributed by atoms with Crippen molar-refractivity contribution in [1.29, 1.82) is 0 Å². The molecule has 0 aromatic heterocycles. The van der Waals surface area contributed by atoms with Crippen LogP contribution in [-0.2, 0) is 33.3 Å². The number of fused-ring (bicyclic) bond motifs is 10. The maximum atomic E-state index is 14.6. The van der Waals surface area contributed by atoms with Gasteiger partial charge in [-0.3, -0.25) is 9.59 Å². The van der Waals surface area contributed by atoms with Gasteiger partial charge in [0.15, 0.2) is 17.7 Å². The van der Waals surface area contributed by atoms with Crippen LogP contribution >= 0.6 is 0 Å². The lowest BCUT2D eigenvalue weighted by molar-refractivity contribution is -0.301. The first-order valence-corrected chi connectivity index (χ1v) is 17.7. The van der Waals surface area contributed by atoms with E-state index in [2.05, 4.69) is 16.0 Å². The van der Waals surface area contributed by atoms with Crippen LogP contribution in [0, 0.1) is 17.3 Å². The summed E-state index contributed by atoms with van der Waals surface area (Å²) < 4.78 is 70.0. The van der Waals surface area contributed by atoms with E-state index >= 15 is 0 Å². The van der Waals surface area contributed by atoms with Crippen molar-refractivity contribution >= 4 is 17.8 Å². The van der Waals surface area contributed by atoms with Crippen molar-refractivity contribution in [2.45, 2.75) is 140 Å². The van der Waals surface area contributed by atoms with Crippen LogP contribution in [-0.4, -0.2) is 134 Å². The fourth-order valence-electron chi connectivity index (χ4n) is 8.28. The number of aliphatic hydroxyl groups excluding tert-OH is 1. The van der Waals surface area contributed by atoms with Crippen LogP contribution in [0.3, 0.4) is 0 Å². The fraction of sp³-hybridized carbons (Fsp3) is 0.912. The number of alkyl halides is 3. The zero-order valence-electron chi connectivity index (χ0n) is 30.7. The summed E-state index contributed by atoms with van der Waals surface area (Å²) in [6, 6.07) is -1.39. The molecule has 5 heterocycles. The summed E-state index contributed by atoms with van der Waals surface area (Å²) in [5, 5.41) is 20.2. The Morgan fingerprint density at radius 3 is 2.42 bits per heavy atom. The number of nitrogens with one attached hydrogen (secondary N) is 3. The molecule has 1 amide bonds. The quantitative estimate of drug-likeness (QED) is 0.225. The maximum absolute atomic E-state index is 14.6. The number of esters is 1. The van der Waals surface area contributed by atoms with Gasteiger partial charge in [-0.15, -0.1) is 0 Å². The SMILES string of the molecule is CC[C@H]1OC(=O)C2(C)CCOC(C)(C[C@@H](C)CN[C@H](C)[C@H]3NC(=O)O[C@@]31C)[C@H](O[C@@H]1O[C@H](CNCC(F)(F)F)C[C@H](N(C)C)[C@H]1O)[C@@H](C)C2=O. The van der Waals surface area contributed by atoms with Crippen LogP contribution in [0.2, 0.25) is 0 Å². The topological polar surface area (TPSA) is 157 Å². The van der Waals surface area contributed by atoms with E-state index in [-0.39, 0.29) is 38.0 Å². The number of rotatable bonds is 7. The third-order valence-electron chi connectivity index (χ3n) is 11.1. The first-order valence-electron chi connectivity index (χ1n) is 17.7. The zero-order chi connectivity index (χ0) is 37.4. The summed E-state index contributed by atoms with van der Waals surface area (Å²) in [6.07, 6.45) is -9.30. The van der Waals surface area contributed by atoms with E-state index in [4.69, 9.17) is 23.7 Å². The summed E-state index contributed by atoms with van der Waals surface area (Å²) in [5.74, 6) is -2.28. The molecule has 0 radical (unpaired) electrons. The second kappa shape index (κ2) is 15.5. The smallest absolute Gasteiger partial charge is 0.408 e. The van der Waals surface area contributed by atoms with Crippen LogP contribution < -0.4 is 16.0 Å². The van der Waals surface area contributed by atoms with Crippen molar-refractivity contribution in [3.63, 3.8) is 0 Å². The molecule has 13 nitrogen and oxygen atoms in total. The Kier molecular flexibility index (Phi) is 12.6. The average Bonchev–Trinajstić information content (AvgIpc) is 3.34.